The number of rotatable bonds is 7. The van der Waals surface area contributed by atoms with Crippen LogP contribution in [0.3, 0.4) is 0 Å². The molecular formula is C48H35N2OP. The van der Waals surface area contributed by atoms with Crippen molar-refractivity contribution < 1.29 is 4.57 Å². The van der Waals surface area contributed by atoms with Crippen LogP contribution in [-0.4, -0.2) is 0 Å². The van der Waals surface area contributed by atoms with Gasteiger partial charge >= 0.3 is 7.44 Å². The fraction of sp³-hybridized carbons (Fsp3) is 0. The van der Waals surface area contributed by atoms with E-state index in [1.807, 2.05) is 60.7 Å². The Morgan fingerprint density at radius 1 is 0.308 bits per heavy atom. The number of hydrogen-bond acceptors (Lipinski definition) is 1. The number of hydrogen-bond donors (Lipinski definition) is 0. The van der Waals surface area contributed by atoms with Gasteiger partial charge in [-0.05, 0) is 99.1 Å². The molecule has 0 atom stereocenters. The summed E-state index contributed by atoms with van der Waals surface area (Å²) in [6.07, 6.45) is 0. The van der Waals surface area contributed by atoms with E-state index in [4.69, 9.17) is 0 Å². The first-order chi connectivity index (χ1) is 25.7. The molecule has 0 N–H and O–H groups in total. The Hall–Kier alpha value is -6.41. The summed E-state index contributed by atoms with van der Waals surface area (Å²) in [4.78, 5) is 0. The number of anilines is 4. The Bertz CT molecular complexity index is 2350. The van der Waals surface area contributed by atoms with Gasteiger partial charge < -0.3 is 0 Å². The molecule has 3 nitrogen and oxygen atoms in total. The SMILES string of the molecule is O=P1(c2cc(-c3ccccc3)cc(-c3ccccc3)c2)N(c2ccccc2)c2cc(-c3ccccc3)c(-c3ccccc3)cc2N1c1ccccc1. The van der Waals surface area contributed by atoms with Gasteiger partial charge in [0.1, 0.15) is 0 Å². The van der Waals surface area contributed by atoms with Gasteiger partial charge in [-0.15, -0.1) is 0 Å². The summed E-state index contributed by atoms with van der Waals surface area (Å²) in [5.41, 5.74) is 12.0. The minimum absolute atomic E-state index is 0.749. The van der Waals surface area contributed by atoms with Gasteiger partial charge in [-0.3, -0.25) is 13.9 Å². The van der Waals surface area contributed by atoms with Crippen LogP contribution in [0.5, 0.6) is 0 Å². The molecule has 4 heteroatoms. The van der Waals surface area contributed by atoms with Crippen molar-refractivity contribution >= 4 is 35.5 Å². The minimum atomic E-state index is -3.72. The third-order valence-electron chi connectivity index (χ3n) is 9.75. The molecule has 0 saturated carbocycles. The van der Waals surface area contributed by atoms with Crippen molar-refractivity contribution in [1.29, 1.82) is 0 Å². The molecule has 1 heterocycles. The molecule has 0 saturated heterocycles. The summed E-state index contributed by atoms with van der Waals surface area (Å²) >= 11 is 0. The molecular weight excluding hydrogens is 652 g/mol. The predicted octanol–water partition coefficient (Wildman–Crippen LogP) is 13.2. The smallest absolute Gasteiger partial charge is 0.270 e. The first kappa shape index (κ1) is 31.6. The summed E-state index contributed by atoms with van der Waals surface area (Å²) in [5.74, 6) is 0. The number of nitrogens with zero attached hydrogens (tertiary/aromatic N) is 2. The van der Waals surface area contributed by atoms with Crippen molar-refractivity contribution in [1.82, 2.24) is 0 Å². The second-order valence-corrected chi connectivity index (χ2v) is 15.4. The van der Waals surface area contributed by atoms with Crippen LogP contribution in [0, 0.1) is 0 Å². The zero-order valence-corrected chi connectivity index (χ0v) is 29.4. The van der Waals surface area contributed by atoms with E-state index in [-0.39, 0.29) is 0 Å². The van der Waals surface area contributed by atoms with Crippen LogP contribution in [0.25, 0.3) is 44.5 Å². The third kappa shape index (κ3) is 5.53. The van der Waals surface area contributed by atoms with Gasteiger partial charge in [-0.2, -0.15) is 0 Å². The van der Waals surface area contributed by atoms with E-state index in [1.165, 1.54) is 0 Å². The average Bonchev–Trinajstić information content (AvgIpc) is 3.50. The molecule has 52 heavy (non-hydrogen) atoms. The van der Waals surface area contributed by atoms with Crippen molar-refractivity contribution in [3.05, 3.63) is 212 Å². The van der Waals surface area contributed by atoms with E-state index in [2.05, 4.69) is 161 Å². The fourth-order valence-electron chi connectivity index (χ4n) is 7.35. The summed E-state index contributed by atoms with van der Waals surface area (Å²) in [6.45, 7) is 0. The van der Waals surface area contributed by atoms with E-state index < -0.39 is 7.44 Å². The zero-order valence-electron chi connectivity index (χ0n) is 28.5. The highest BCUT2D eigenvalue weighted by atomic mass is 31.2. The lowest BCUT2D eigenvalue weighted by atomic mass is 9.93. The molecule has 0 bridgehead atoms. The molecule has 0 aromatic heterocycles. The molecule has 8 aromatic rings. The molecule has 0 unspecified atom stereocenters. The van der Waals surface area contributed by atoms with Gasteiger partial charge in [0.2, 0.25) is 0 Å². The maximum absolute atomic E-state index is 17.0. The predicted molar refractivity (Wildman–Crippen MR) is 219 cm³/mol. The molecule has 1 aliphatic heterocycles. The Morgan fingerprint density at radius 3 is 0.962 bits per heavy atom. The van der Waals surface area contributed by atoms with Crippen LogP contribution in [0.4, 0.5) is 22.7 Å². The molecule has 8 aromatic carbocycles. The van der Waals surface area contributed by atoms with Crippen molar-refractivity contribution in [2.45, 2.75) is 0 Å². The molecule has 1 aliphatic rings. The monoisotopic (exact) mass is 686 g/mol. The summed E-state index contributed by atoms with van der Waals surface area (Å²) in [6, 6.07) is 73.1. The topological polar surface area (TPSA) is 23.6 Å². The lowest BCUT2D eigenvalue weighted by Crippen LogP contribution is -2.26. The average molecular weight is 687 g/mol. The molecule has 0 radical (unpaired) electrons. The van der Waals surface area contributed by atoms with Crippen LogP contribution in [-0.2, 0) is 4.57 Å². The molecule has 9 rings (SSSR count). The highest BCUT2D eigenvalue weighted by Gasteiger charge is 2.50. The van der Waals surface area contributed by atoms with Crippen molar-refractivity contribution in [3.63, 3.8) is 0 Å². The first-order valence-corrected chi connectivity index (χ1v) is 19.2. The summed E-state index contributed by atoms with van der Waals surface area (Å²) in [5, 5.41) is 0.749. The van der Waals surface area contributed by atoms with E-state index in [9.17, 15) is 0 Å². The number of para-hydroxylation sites is 2. The molecule has 248 valence electrons. The van der Waals surface area contributed by atoms with Gasteiger partial charge in [-0.1, -0.05) is 158 Å². The Labute approximate surface area is 305 Å². The Kier molecular flexibility index (Phi) is 8.12. The lowest BCUT2D eigenvalue weighted by Gasteiger charge is -2.33. The van der Waals surface area contributed by atoms with Crippen molar-refractivity contribution in [2.75, 3.05) is 9.34 Å². The van der Waals surface area contributed by atoms with Gasteiger partial charge in [0.05, 0.1) is 16.7 Å². The van der Waals surface area contributed by atoms with Crippen LogP contribution < -0.4 is 14.6 Å². The second-order valence-electron chi connectivity index (χ2n) is 13.0. The second kappa shape index (κ2) is 13.4. The lowest BCUT2D eigenvalue weighted by molar-refractivity contribution is 0.582. The van der Waals surface area contributed by atoms with Crippen LogP contribution >= 0.6 is 7.44 Å². The maximum Gasteiger partial charge on any atom is 0.301 e. The van der Waals surface area contributed by atoms with Crippen LogP contribution in [0.1, 0.15) is 0 Å². The van der Waals surface area contributed by atoms with Crippen molar-refractivity contribution in [2.24, 2.45) is 0 Å². The van der Waals surface area contributed by atoms with Gasteiger partial charge in [-0.25, -0.2) is 0 Å². The Balaban J connectivity index is 1.39. The minimum Gasteiger partial charge on any atom is -0.270 e. The van der Waals surface area contributed by atoms with E-state index in [0.29, 0.717) is 0 Å². The molecule has 0 amide bonds. The van der Waals surface area contributed by atoms with Gasteiger partial charge in [0, 0.05) is 11.4 Å². The fourth-order valence-corrected chi connectivity index (χ4v) is 10.4. The zero-order chi connectivity index (χ0) is 34.9. The van der Waals surface area contributed by atoms with E-state index in [1.54, 1.807) is 0 Å². The highest BCUT2D eigenvalue weighted by molar-refractivity contribution is 7.76. The van der Waals surface area contributed by atoms with E-state index in [0.717, 1.165) is 72.6 Å². The summed E-state index contributed by atoms with van der Waals surface area (Å²) < 4.78 is 21.3. The summed E-state index contributed by atoms with van der Waals surface area (Å²) in [7, 11) is -3.72. The molecule has 0 spiro atoms. The Morgan fingerprint density at radius 2 is 0.615 bits per heavy atom. The quantitative estimate of drug-likeness (QED) is 0.156. The van der Waals surface area contributed by atoms with Gasteiger partial charge in [0.15, 0.2) is 0 Å². The van der Waals surface area contributed by atoms with Crippen LogP contribution in [0.15, 0.2) is 212 Å². The maximum atomic E-state index is 17.0. The normalized spacial score (nSPS) is 13.2. The van der Waals surface area contributed by atoms with Crippen molar-refractivity contribution in [3.8, 4) is 44.5 Å². The third-order valence-corrected chi connectivity index (χ3v) is 12.7. The highest BCUT2D eigenvalue weighted by Crippen LogP contribution is 2.71. The van der Waals surface area contributed by atoms with E-state index >= 15 is 4.57 Å². The van der Waals surface area contributed by atoms with Crippen LogP contribution in [0.2, 0.25) is 0 Å². The first-order valence-electron chi connectivity index (χ1n) is 17.6. The molecule has 0 fully saturated rings. The number of benzene rings is 8. The number of fused-ring (bicyclic) bond motifs is 1. The largest absolute Gasteiger partial charge is 0.301 e. The molecule has 0 aliphatic carbocycles. The standard InChI is InChI=1S/C48H35N2OP/c51-52(44-32-40(36-19-7-1-8-20-36)31-41(33-44)37-21-9-2-10-22-37)49(42-27-15-5-16-28-42)47-34-45(38-23-11-3-12-24-38)46(39-25-13-4-14-26-39)35-48(47)50(52)43-29-17-6-18-30-43/h1-35H. The van der Waals surface area contributed by atoms with Gasteiger partial charge in [0.25, 0.3) is 0 Å².